The monoisotopic (exact) mass is 360 g/mol. The molecule has 1 aromatic rings. The maximum atomic E-state index is 12.7. The zero-order valence-corrected chi connectivity index (χ0v) is 16.1. The summed E-state index contributed by atoms with van der Waals surface area (Å²) < 4.78 is 11.5. The van der Waals surface area contributed by atoms with Gasteiger partial charge in [-0.05, 0) is 17.9 Å². The lowest BCUT2D eigenvalue weighted by Crippen LogP contribution is -2.56. The van der Waals surface area contributed by atoms with Crippen molar-refractivity contribution in [2.24, 2.45) is 5.92 Å². The Hall–Kier alpha value is -1.43. The van der Waals surface area contributed by atoms with Crippen LogP contribution in [0.4, 0.5) is 0 Å². The van der Waals surface area contributed by atoms with E-state index in [2.05, 4.69) is 36.2 Å². The van der Waals surface area contributed by atoms with Gasteiger partial charge < -0.3 is 14.8 Å². The second-order valence-corrected chi connectivity index (χ2v) is 8.01. The highest BCUT2D eigenvalue weighted by Crippen LogP contribution is 2.29. The molecule has 1 aromatic carbocycles. The summed E-state index contributed by atoms with van der Waals surface area (Å²) in [6, 6.07) is 10.3. The summed E-state index contributed by atoms with van der Waals surface area (Å²) in [5.74, 6) is 0.623. The lowest BCUT2D eigenvalue weighted by atomic mass is 9.92. The Bertz CT molecular complexity index is 564. The molecule has 1 spiro atoms. The number of hydrogen-bond acceptors (Lipinski definition) is 4. The summed E-state index contributed by atoms with van der Waals surface area (Å²) in [5, 5.41) is 3.26. The van der Waals surface area contributed by atoms with Crippen LogP contribution in [0.25, 0.3) is 0 Å². The van der Waals surface area contributed by atoms with Crippen molar-refractivity contribution >= 4 is 5.91 Å². The molecule has 5 nitrogen and oxygen atoms in total. The Kier molecular flexibility index (Phi) is 6.68. The number of nitrogens with one attached hydrogen (secondary N) is 1. The molecule has 3 rings (SSSR count). The second-order valence-electron chi connectivity index (χ2n) is 8.01. The molecule has 0 aliphatic carbocycles. The first-order valence-corrected chi connectivity index (χ1v) is 9.85. The quantitative estimate of drug-likeness (QED) is 0.848. The van der Waals surface area contributed by atoms with E-state index in [-0.39, 0.29) is 17.6 Å². The Balaban J connectivity index is 1.57. The highest BCUT2D eigenvalue weighted by Gasteiger charge is 2.38. The van der Waals surface area contributed by atoms with Crippen LogP contribution in [0.2, 0.25) is 0 Å². The van der Waals surface area contributed by atoms with Gasteiger partial charge in [-0.3, -0.25) is 9.69 Å². The molecule has 2 aliphatic heterocycles. The van der Waals surface area contributed by atoms with Gasteiger partial charge in [-0.2, -0.15) is 0 Å². The number of amides is 1. The highest BCUT2D eigenvalue weighted by molar-refractivity contribution is 5.78. The smallest absolute Gasteiger partial charge is 0.234 e. The molecule has 2 saturated heterocycles. The zero-order chi connectivity index (χ0) is 18.4. The van der Waals surface area contributed by atoms with Crippen LogP contribution in [-0.2, 0) is 14.3 Å². The molecule has 1 N–H and O–H groups in total. The Labute approximate surface area is 157 Å². The molecule has 0 aromatic heterocycles. The lowest BCUT2D eigenvalue weighted by molar-refractivity contribution is -0.156. The van der Waals surface area contributed by atoms with Gasteiger partial charge in [0.25, 0.3) is 0 Å². The SMILES string of the molecule is CC(C)CC(NC(=O)CN1CCOC2(CCOCC2)C1)c1ccccc1. The average Bonchev–Trinajstić information content (AvgIpc) is 2.62. The largest absolute Gasteiger partial charge is 0.381 e. The highest BCUT2D eigenvalue weighted by atomic mass is 16.5. The van der Waals surface area contributed by atoms with Gasteiger partial charge in [-0.1, -0.05) is 44.2 Å². The van der Waals surface area contributed by atoms with Crippen molar-refractivity contribution in [2.45, 2.75) is 44.8 Å². The van der Waals surface area contributed by atoms with Gasteiger partial charge in [0, 0.05) is 39.1 Å². The van der Waals surface area contributed by atoms with Crippen molar-refractivity contribution in [3.63, 3.8) is 0 Å². The summed E-state index contributed by atoms with van der Waals surface area (Å²) in [7, 11) is 0. The molecule has 0 bridgehead atoms. The first kappa shape index (κ1) is 19.3. The summed E-state index contributed by atoms with van der Waals surface area (Å²) in [6.07, 6.45) is 2.79. The minimum Gasteiger partial charge on any atom is -0.381 e. The predicted molar refractivity (Wildman–Crippen MR) is 102 cm³/mol. The summed E-state index contributed by atoms with van der Waals surface area (Å²) in [4.78, 5) is 15.0. The summed E-state index contributed by atoms with van der Waals surface area (Å²) in [6.45, 7) is 8.67. The normalized spacial score (nSPS) is 21.7. The molecule has 0 saturated carbocycles. The number of carbonyl (C=O) groups is 1. The summed E-state index contributed by atoms with van der Waals surface area (Å²) >= 11 is 0. The molecule has 5 heteroatoms. The number of nitrogens with zero attached hydrogens (tertiary/aromatic N) is 1. The third kappa shape index (κ3) is 5.29. The van der Waals surface area contributed by atoms with Crippen molar-refractivity contribution in [1.82, 2.24) is 10.2 Å². The van der Waals surface area contributed by atoms with Crippen molar-refractivity contribution in [3.8, 4) is 0 Å². The number of benzene rings is 1. The maximum Gasteiger partial charge on any atom is 0.234 e. The van der Waals surface area contributed by atoms with Gasteiger partial charge >= 0.3 is 0 Å². The fourth-order valence-electron chi connectivity index (χ4n) is 3.98. The third-order valence-electron chi connectivity index (χ3n) is 5.34. The van der Waals surface area contributed by atoms with Crippen LogP contribution < -0.4 is 5.32 Å². The van der Waals surface area contributed by atoms with E-state index < -0.39 is 0 Å². The van der Waals surface area contributed by atoms with E-state index in [4.69, 9.17) is 9.47 Å². The second kappa shape index (κ2) is 8.98. The Morgan fingerprint density at radius 3 is 2.62 bits per heavy atom. The molecular formula is C21H32N2O3. The number of rotatable bonds is 6. The van der Waals surface area contributed by atoms with E-state index in [1.54, 1.807) is 0 Å². The number of hydrogen-bond donors (Lipinski definition) is 1. The zero-order valence-electron chi connectivity index (χ0n) is 16.1. The minimum atomic E-state index is -0.118. The van der Waals surface area contributed by atoms with Crippen LogP contribution in [0.15, 0.2) is 30.3 Å². The van der Waals surface area contributed by atoms with Gasteiger partial charge in [0.15, 0.2) is 0 Å². The van der Waals surface area contributed by atoms with E-state index in [9.17, 15) is 4.79 Å². The van der Waals surface area contributed by atoms with Gasteiger partial charge in [0.05, 0.1) is 24.8 Å². The molecule has 2 fully saturated rings. The molecule has 144 valence electrons. The third-order valence-corrected chi connectivity index (χ3v) is 5.34. The van der Waals surface area contributed by atoms with Crippen molar-refractivity contribution in [3.05, 3.63) is 35.9 Å². The van der Waals surface area contributed by atoms with Crippen molar-refractivity contribution < 1.29 is 14.3 Å². The van der Waals surface area contributed by atoms with Crippen molar-refractivity contribution in [1.29, 1.82) is 0 Å². The number of carbonyl (C=O) groups excluding carboxylic acids is 1. The number of ether oxygens (including phenoxy) is 2. The standard InChI is InChI=1S/C21H32N2O3/c1-17(2)14-19(18-6-4-3-5-7-18)22-20(24)15-23-10-13-26-21(16-23)8-11-25-12-9-21/h3-7,17,19H,8-16H2,1-2H3,(H,22,24). The molecule has 1 amide bonds. The van der Waals surface area contributed by atoms with Crippen LogP contribution in [0.1, 0.15) is 44.7 Å². The molecular weight excluding hydrogens is 328 g/mol. The lowest BCUT2D eigenvalue weighted by Gasteiger charge is -2.44. The predicted octanol–water partition coefficient (Wildman–Crippen LogP) is 2.77. The van der Waals surface area contributed by atoms with Crippen LogP contribution >= 0.6 is 0 Å². The van der Waals surface area contributed by atoms with E-state index in [0.29, 0.717) is 19.1 Å². The number of morpholine rings is 1. The van der Waals surface area contributed by atoms with Gasteiger partial charge in [-0.25, -0.2) is 0 Å². The fourth-order valence-corrected chi connectivity index (χ4v) is 3.98. The van der Waals surface area contributed by atoms with Gasteiger partial charge in [-0.15, -0.1) is 0 Å². The Morgan fingerprint density at radius 2 is 1.92 bits per heavy atom. The molecule has 26 heavy (non-hydrogen) atoms. The van der Waals surface area contributed by atoms with E-state index >= 15 is 0 Å². The van der Waals surface area contributed by atoms with Crippen LogP contribution in [0.3, 0.4) is 0 Å². The fraction of sp³-hybridized carbons (Fsp3) is 0.667. The molecule has 2 heterocycles. The molecule has 2 aliphatic rings. The van der Waals surface area contributed by atoms with Crippen LogP contribution in [0, 0.1) is 5.92 Å². The summed E-state index contributed by atoms with van der Waals surface area (Å²) in [5.41, 5.74) is 1.06. The maximum absolute atomic E-state index is 12.7. The Morgan fingerprint density at radius 1 is 1.19 bits per heavy atom. The first-order chi connectivity index (χ1) is 12.6. The van der Waals surface area contributed by atoms with E-state index in [1.165, 1.54) is 5.56 Å². The molecule has 1 unspecified atom stereocenters. The topological polar surface area (TPSA) is 50.8 Å². The van der Waals surface area contributed by atoms with E-state index in [1.807, 2.05) is 18.2 Å². The molecule has 0 radical (unpaired) electrons. The average molecular weight is 360 g/mol. The van der Waals surface area contributed by atoms with E-state index in [0.717, 1.165) is 45.6 Å². The molecule has 1 atom stereocenters. The van der Waals surface area contributed by atoms with Crippen molar-refractivity contribution in [2.75, 3.05) is 39.5 Å². The minimum absolute atomic E-state index is 0.0711. The van der Waals surface area contributed by atoms with Gasteiger partial charge in [0.2, 0.25) is 5.91 Å². The van der Waals surface area contributed by atoms with Crippen LogP contribution in [-0.4, -0.2) is 55.9 Å². The van der Waals surface area contributed by atoms with Crippen LogP contribution in [0.5, 0.6) is 0 Å². The first-order valence-electron chi connectivity index (χ1n) is 9.85. The van der Waals surface area contributed by atoms with Gasteiger partial charge in [0.1, 0.15) is 0 Å².